The molecule has 0 saturated carbocycles. The summed E-state index contributed by atoms with van der Waals surface area (Å²) in [5.74, 6) is -0.146. The first kappa shape index (κ1) is 14.7. The molecule has 4 nitrogen and oxygen atoms in total. The highest BCUT2D eigenvalue weighted by Crippen LogP contribution is 2.07. The number of alkyl carbamates (subject to hydrolysis) is 1. The first-order chi connectivity index (χ1) is 7.26. The maximum absolute atomic E-state index is 11.4. The lowest BCUT2D eigenvalue weighted by Crippen LogP contribution is -2.33. The number of unbranched alkanes of at least 4 members (excludes halogenated alkanes) is 1. The Labute approximate surface area is 97.1 Å². The lowest BCUT2D eigenvalue weighted by molar-refractivity contribution is -0.116. The summed E-state index contributed by atoms with van der Waals surface area (Å²) >= 11 is 0. The van der Waals surface area contributed by atoms with E-state index in [9.17, 15) is 9.59 Å². The van der Waals surface area contributed by atoms with E-state index in [2.05, 4.69) is 11.9 Å². The Hall–Kier alpha value is -1.32. The number of carbonyl (C=O) groups excluding carboxylic acids is 2. The maximum atomic E-state index is 11.4. The Morgan fingerprint density at radius 1 is 1.31 bits per heavy atom. The molecule has 0 rings (SSSR count). The van der Waals surface area contributed by atoms with Gasteiger partial charge in [0.2, 0.25) is 0 Å². The van der Waals surface area contributed by atoms with Crippen molar-refractivity contribution >= 4 is 11.9 Å². The first-order valence-electron chi connectivity index (χ1n) is 5.48. The van der Waals surface area contributed by atoms with Crippen LogP contribution in [0.15, 0.2) is 12.3 Å². The van der Waals surface area contributed by atoms with Gasteiger partial charge in [0.25, 0.3) is 0 Å². The summed E-state index contributed by atoms with van der Waals surface area (Å²) in [6, 6.07) is 0. The number of amides is 1. The third-order valence-corrected chi connectivity index (χ3v) is 1.75. The minimum atomic E-state index is -0.637. The summed E-state index contributed by atoms with van der Waals surface area (Å²) in [5.41, 5.74) is -0.473. The standard InChI is InChI=1S/C12H21NO3/c1-6-7-8-10(14)9(2)13-11(15)16-12(3,4)5/h2,6-8H2,1,3-5H3,(H,13,15). The van der Waals surface area contributed by atoms with Crippen molar-refractivity contribution in [3.8, 4) is 0 Å². The lowest BCUT2D eigenvalue weighted by atomic mass is 10.1. The zero-order valence-electron chi connectivity index (χ0n) is 10.6. The molecular formula is C12H21NO3. The molecule has 0 radical (unpaired) electrons. The third-order valence-electron chi connectivity index (χ3n) is 1.75. The van der Waals surface area contributed by atoms with Gasteiger partial charge in [0.1, 0.15) is 5.60 Å². The second kappa shape index (κ2) is 6.30. The van der Waals surface area contributed by atoms with Crippen molar-refractivity contribution in [2.75, 3.05) is 0 Å². The van der Waals surface area contributed by atoms with Crippen molar-refractivity contribution < 1.29 is 14.3 Å². The van der Waals surface area contributed by atoms with Gasteiger partial charge in [-0.2, -0.15) is 0 Å². The minimum Gasteiger partial charge on any atom is -0.444 e. The van der Waals surface area contributed by atoms with E-state index in [4.69, 9.17) is 4.74 Å². The Kier molecular flexibility index (Phi) is 5.78. The SMILES string of the molecule is C=C(NC(=O)OC(C)(C)C)C(=O)CCCC. The number of hydrogen-bond acceptors (Lipinski definition) is 3. The van der Waals surface area contributed by atoms with Crippen molar-refractivity contribution in [3.05, 3.63) is 12.3 Å². The second-order valence-electron chi connectivity index (χ2n) is 4.63. The molecule has 1 amide bonds. The van der Waals surface area contributed by atoms with Gasteiger partial charge in [-0.05, 0) is 27.2 Å². The quantitative estimate of drug-likeness (QED) is 0.735. The van der Waals surface area contributed by atoms with Gasteiger partial charge in [0.15, 0.2) is 5.78 Å². The molecule has 0 unspecified atom stereocenters. The van der Waals surface area contributed by atoms with E-state index >= 15 is 0 Å². The average molecular weight is 227 g/mol. The predicted molar refractivity (Wildman–Crippen MR) is 63.0 cm³/mol. The number of hydrogen-bond donors (Lipinski definition) is 1. The van der Waals surface area contributed by atoms with Gasteiger partial charge < -0.3 is 4.74 Å². The number of Topliss-reactive ketones (excluding diaryl/α,β-unsaturated/α-hetero) is 1. The molecule has 0 saturated heterocycles. The summed E-state index contributed by atoms with van der Waals surface area (Å²) < 4.78 is 5.00. The third kappa shape index (κ3) is 7.04. The smallest absolute Gasteiger partial charge is 0.412 e. The van der Waals surface area contributed by atoms with Gasteiger partial charge in [0.05, 0.1) is 5.70 Å². The molecule has 0 aromatic carbocycles. The highest BCUT2D eigenvalue weighted by Gasteiger charge is 2.18. The number of rotatable bonds is 5. The summed E-state index contributed by atoms with van der Waals surface area (Å²) in [4.78, 5) is 22.7. The van der Waals surface area contributed by atoms with Gasteiger partial charge in [0, 0.05) is 6.42 Å². The zero-order valence-corrected chi connectivity index (χ0v) is 10.6. The van der Waals surface area contributed by atoms with Gasteiger partial charge in [-0.15, -0.1) is 0 Å². The highest BCUT2D eigenvalue weighted by atomic mass is 16.6. The predicted octanol–water partition coefficient (Wildman–Crippen LogP) is 2.78. The summed E-state index contributed by atoms with van der Waals surface area (Å²) in [6.07, 6.45) is 1.51. The fourth-order valence-corrected chi connectivity index (χ4v) is 0.985. The molecule has 0 bridgehead atoms. The van der Waals surface area contributed by atoms with E-state index in [0.29, 0.717) is 6.42 Å². The van der Waals surface area contributed by atoms with Crippen LogP contribution in [0.25, 0.3) is 0 Å². The first-order valence-corrected chi connectivity index (χ1v) is 5.48. The molecule has 16 heavy (non-hydrogen) atoms. The molecule has 0 heterocycles. The average Bonchev–Trinajstić information content (AvgIpc) is 2.10. The largest absolute Gasteiger partial charge is 0.444 e. The van der Waals surface area contributed by atoms with Crippen molar-refractivity contribution in [1.82, 2.24) is 5.32 Å². The molecule has 0 fully saturated rings. The summed E-state index contributed by atoms with van der Waals surface area (Å²) in [6.45, 7) is 10.8. The highest BCUT2D eigenvalue weighted by molar-refractivity contribution is 5.97. The Balaban J connectivity index is 4.05. The van der Waals surface area contributed by atoms with Crippen LogP contribution in [0.3, 0.4) is 0 Å². The van der Waals surface area contributed by atoms with Crippen LogP contribution in [0.5, 0.6) is 0 Å². The summed E-state index contributed by atoms with van der Waals surface area (Å²) in [7, 11) is 0. The van der Waals surface area contributed by atoms with Crippen LogP contribution in [-0.4, -0.2) is 17.5 Å². The van der Waals surface area contributed by atoms with E-state index in [1.807, 2.05) is 6.92 Å². The molecule has 0 aromatic heterocycles. The van der Waals surface area contributed by atoms with Gasteiger partial charge in [-0.1, -0.05) is 19.9 Å². The van der Waals surface area contributed by atoms with Crippen molar-refractivity contribution in [3.63, 3.8) is 0 Å². The second-order valence-corrected chi connectivity index (χ2v) is 4.63. The molecule has 0 atom stereocenters. The molecule has 1 N–H and O–H groups in total. The molecule has 0 aliphatic rings. The van der Waals surface area contributed by atoms with Crippen molar-refractivity contribution in [2.45, 2.75) is 52.6 Å². The molecule has 92 valence electrons. The number of nitrogens with one attached hydrogen (secondary N) is 1. The molecule has 0 aliphatic carbocycles. The van der Waals surface area contributed by atoms with E-state index in [1.165, 1.54) is 0 Å². The topological polar surface area (TPSA) is 55.4 Å². The molecular weight excluding hydrogens is 206 g/mol. The van der Waals surface area contributed by atoms with Crippen molar-refractivity contribution in [2.24, 2.45) is 0 Å². The number of carbonyl (C=O) groups is 2. The van der Waals surface area contributed by atoms with Crippen LogP contribution in [-0.2, 0) is 9.53 Å². The van der Waals surface area contributed by atoms with Crippen LogP contribution < -0.4 is 5.32 Å². The van der Waals surface area contributed by atoms with Crippen LogP contribution >= 0.6 is 0 Å². The number of ketones is 1. The lowest BCUT2D eigenvalue weighted by Gasteiger charge is -2.19. The van der Waals surface area contributed by atoms with E-state index in [0.717, 1.165) is 12.8 Å². The number of ether oxygens (including phenoxy) is 1. The van der Waals surface area contributed by atoms with Crippen LogP contribution in [0.2, 0.25) is 0 Å². The van der Waals surface area contributed by atoms with Crippen LogP contribution in [0.1, 0.15) is 47.0 Å². The maximum Gasteiger partial charge on any atom is 0.412 e. The molecule has 0 aliphatic heterocycles. The fourth-order valence-electron chi connectivity index (χ4n) is 0.985. The Morgan fingerprint density at radius 2 is 1.88 bits per heavy atom. The van der Waals surface area contributed by atoms with Crippen LogP contribution in [0.4, 0.5) is 4.79 Å². The van der Waals surface area contributed by atoms with Gasteiger partial charge in [-0.25, -0.2) is 4.79 Å². The molecule has 4 heteroatoms. The molecule has 0 spiro atoms. The zero-order chi connectivity index (χ0) is 12.8. The van der Waals surface area contributed by atoms with Crippen LogP contribution in [0, 0.1) is 0 Å². The van der Waals surface area contributed by atoms with E-state index in [-0.39, 0.29) is 11.5 Å². The minimum absolute atomic E-state index is 0.0997. The van der Waals surface area contributed by atoms with E-state index in [1.54, 1.807) is 20.8 Å². The Bertz CT molecular complexity index is 276. The monoisotopic (exact) mass is 227 g/mol. The van der Waals surface area contributed by atoms with E-state index < -0.39 is 11.7 Å². The fraction of sp³-hybridized carbons (Fsp3) is 0.667. The summed E-state index contributed by atoms with van der Waals surface area (Å²) in [5, 5.41) is 2.34. The molecule has 0 aromatic rings. The Morgan fingerprint density at radius 3 is 2.31 bits per heavy atom. The van der Waals surface area contributed by atoms with Gasteiger partial charge >= 0.3 is 6.09 Å². The van der Waals surface area contributed by atoms with Gasteiger partial charge in [-0.3, -0.25) is 10.1 Å². The normalized spacial score (nSPS) is 10.8. The number of allylic oxidation sites excluding steroid dienone is 1. The van der Waals surface area contributed by atoms with Crippen molar-refractivity contribution in [1.29, 1.82) is 0 Å².